The van der Waals surface area contributed by atoms with E-state index in [2.05, 4.69) is 25.3 Å². The van der Waals surface area contributed by atoms with Crippen molar-refractivity contribution >= 4 is 40.9 Å². The maximum Gasteiger partial charge on any atom is 0.308 e. The van der Waals surface area contributed by atoms with Crippen molar-refractivity contribution in [3.8, 4) is 0 Å². The van der Waals surface area contributed by atoms with Crippen molar-refractivity contribution in [1.82, 2.24) is 4.90 Å². The fourth-order valence-corrected chi connectivity index (χ4v) is 8.44. The molecule has 2 bridgehead atoms. The number of thioether (sulfide) groups is 1. The molecule has 3 fully saturated rings. The first-order valence-electron chi connectivity index (χ1n) is 12.4. The zero-order chi connectivity index (χ0) is 25.5. The van der Waals surface area contributed by atoms with Crippen LogP contribution in [0.15, 0.2) is 36.9 Å². The van der Waals surface area contributed by atoms with Crippen LogP contribution in [-0.4, -0.2) is 81.2 Å². The van der Waals surface area contributed by atoms with Crippen LogP contribution in [-0.2, 0) is 14.4 Å². The quantitative estimate of drug-likeness (QED) is 0.475. The number of carboxylic acids is 1. The molecule has 9 heteroatoms. The first kappa shape index (κ1) is 25.6. The number of amides is 2. The highest BCUT2D eigenvalue weighted by molar-refractivity contribution is 8.02. The molecule has 2 unspecified atom stereocenters. The highest BCUT2D eigenvalue weighted by atomic mass is 32.2. The number of aliphatic hydroxyl groups is 1. The molecule has 3 aliphatic rings. The molecule has 8 nitrogen and oxygen atoms in total. The molecule has 0 aliphatic carbocycles. The minimum atomic E-state index is -0.984. The predicted octanol–water partition coefficient (Wildman–Crippen LogP) is 2.61. The maximum atomic E-state index is 14.3. The lowest BCUT2D eigenvalue weighted by molar-refractivity contribution is -0.149. The van der Waals surface area contributed by atoms with Crippen molar-refractivity contribution in [3.63, 3.8) is 0 Å². The summed E-state index contributed by atoms with van der Waals surface area (Å²) in [6.07, 6.45) is 2.92. The van der Waals surface area contributed by atoms with E-state index in [0.29, 0.717) is 18.5 Å². The van der Waals surface area contributed by atoms with E-state index in [1.807, 2.05) is 24.3 Å². The Labute approximate surface area is 210 Å². The van der Waals surface area contributed by atoms with Crippen LogP contribution >= 0.6 is 11.8 Å². The van der Waals surface area contributed by atoms with E-state index in [-0.39, 0.29) is 30.2 Å². The van der Waals surface area contributed by atoms with Crippen molar-refractivity contribution in [1.29, 1.82) is 0 Å². The molecular weight excluding hydrogens is 466 g/mol. The predicted molar refractivity (Wildman–Crippen MR) is 138 cm³/mol. The smallest absolute Gasteiger partial charge is 0.308 e. The number of hydrogen-bond donors (Lipinski definition) is 2. The third-order valence-corrected chi connectivity index (χ3v) is 9.82. The van der Waals surface area contributed by atoms with Gasteiger partial charge in [-0.2, -0.15) is 0 Å². The first-order valence-corrected chi connectivity index (χ1v) is 13.2. The zero-order valence-electron chi connectivity index (χ0n) is 20.6. The standard InChI is InChI=1S/C26H35N3O5S/c1-5-14-28(18-10-8-17(9-11-18)27(6-2)7-3)24(32)22-26-13-12-19(35-26)20(25(33)34)21(26)23(31)29(22)16(4)15-30/h5,8-11,16,19-22,30H,1,6-7,12-15H2,2-4H3,(H,33,34)/t16-,19-,20+,21+,22?,26?/m1/s1. The number of aliphatic carboxylic acids is 1. The van der Waals surface area contributed by atoms with E-state index in [9.17, 15) is 24.6 Å². The number of benzene rings is 1. The summed E-state index contributed by atoms with van der Waals surface area (Å²) in [5.41, 5.74) is 1.76. The lowest BCUT2D eigenvalue weighted by atomic mass is 9.71. The molecule has 35 heavy (non-hydrogen) atoms. The summed E-state index contributed by atoms with van der Waals surface area (Å²) < 4.78 is -0.800. The Balaban J connectivity index is 1.75. The topological polar surface area (TPSA) is 101 Å². The second kappa shape index (κ2) is 9.85. The van der Waals surface area contributed by atoms with Gasteiger partial charge in [0, 0.05) is 36.3 Å². The molecule has 1 spiro atoms. The van der Waals surface area contributed by atoms with Gasteiger partial charge >= 0.3 is 5.97 Å². The fraction of sp³-hybridized carbons (Fsp3) is 0.577. The van der Waals surface area contributed by atoms with Gasteiger partial charge in [0.05, 0.1) is 29.2 Å². The van der Waals surface area contributed by atoms with Crippen LogP contribution < -0.4 is 9.80 Å². The SMILES string of the molecule is C=CCN(C(=O)C1N([C@H](C)CO)C(=O)[C@@H]2[C@@H](C(=O)O)[C@H]3CCC12S3)c1ccc(N(CC)CC)cc1. The van der Waals surface area contributed by atoms with Gasteiger partial charge in [-0.3, -0.25) is 14.4 Å². The number of aliphatic hydroxyl groups excluding tert-OH is 1. The van der Waals surface area contributed by atoms with Gasteiger partial charge in [-0.05, 0) is 57.9 Å². The van der Waals surface area contributed by atoms with Crippen molar-refractivity contribution in [2.24, 2.45) is 11.8 Å². The lowest BCUT2D eigenvalue weighted by Crippen LogP contribution is -2.57. The summed E-state index contributed by atoms with van der Waals surface area (Å²) in [4.78, 5) is 45.4. The summed E-state index contributed by atoms with van der Waals surface area (Å²) in [5, 5.41) is 19.7. The molecule has 1 aromatic rings. The van der Waals surface area contributed by atoms with E-state index in [1.54, 1.807) is 17.9 Å². The Morgan fingerprint density at radius 3 is 2.43 bits per heavy atom. The third-order valence-electron chi connectivity index (χ3n) is 7.86. The summed E-state index contributed by atoms with van der Waals surface area (Å²) >= 11 is 1.50. The van der Waals surface area contributed by atoms with Crippen LogP contribution in [0.25, 0.3) is 0 Å². The number of fused-ring (bicyclic) bond motifs is 1. The molecule has 4 rings (SSSR count). The number of carbonyl (C=O) groups is 3. The third kappa shape index (κ3) is 3.93. The Morgan fingerprint density at radius 1 is 1.26 bits per heavy atom. The van der Waals surface area contributed by atoms with Crippen molar-refractivity contribution < 1.29 is 24.6 Å². The molecule has 3 saturated heterocycles. The molecule has 1 aromatic carbocycles. The van der Waals surface area contributed by atoms with Gasteiger partial charge in [0.1, 0.15) is 6.04 Å². The summed E-state index contributed by atoms with van der Waals surface area (Å²) in [6, 6.07) is 6.33. The molecule has 0 aromatic heterocycles. The van der Waals surface area contributed by atoms with E-state index in [4.69, 9.17) is 0 Å². The van der Waals surface area contributed by atoms with Gasteiger partial charge in [-0.1, -0.05) is 6.08 Å². The molecular formula is C26H35N3O5S. The van der Waals surface area contributed by atoms with E-state index >= 15 is 0 Å². The molecule has 0 radical (unpaired) electrons. The highest BCUT2D eigenvalue weighted by Gasteiger charge is 2.74. The Morgan fingerprint density at radius 2 is 1.89 bits per heavy atom. The molecule has 3 heterocycles. The van der Waals surface area contributed by atoms with Gasteiger partial charge < -0.3 is 24.9 Å². The summed E-state index contributed by atoms with van der Waals surface area (Å²) in [6.45, 7) is 11.4. The van der Waals surface area contributed by atoms with Crippen LogP contribution in [0, 0.1) is 11.8 Å². The molecule has 2 N–H and O–H groups in total. The first-order chi connectivity index (χ1) is 16.7. The Kier molecular flexibility index (Phi) is 7.20. The van der Waals surface area contributed by atoms with Gasteiger partial charge in [-0.25, -0.2) is 0 Å². The number of anilines is 2. The number of likely N-dealkylation sites (tertiary alicyclic amines) is 1. The Bertz CT molecular complexity index is 997. The van der Waals surface area contributed by atoms with Gasteiger partial charge in [0.25, 0.3) is 5.91 Å². The van der Waals surface area contributed by atoms with Gasteiger partial charge in [0.15, 0.2) is 0 Å². The summed E-state index contributed by atoms with van der Waals surface area (Å²) in [7, 11) is 0. The minimum absolute atomic E-state index is 0.176. The summed E-state index contributed by atoms with van der Waals surface area (Å²) in [5.74, 6) is -3.14. The van der Waals surface area contributed by atoms with Crippen LogP contribution in [0.4, 0.5) is 11.4 Å². The van der Waals surface area contributed by atoms with Crippen LogP contribution in [0.1, 0.15) is 33.6 Å². The normalized spacial score (nSPS) is 29.7. The van der Waals surface area contributed by atoms with Crippen molar-refractivity contribution in [2.75, 3.05) is 36.0 Å². The highest BCUT2D eigenvalue weighted by Crippen LogP contribution is 2.66. The van der Waals surface area contributed by atoms with E-state index in [0.717, 1.165) is 18.8 Å². The average Bonchev–Trinajstić information content (AvgIpc) is 3.50. The number of rotatable bonds is 10. The molecule has 2 amide bonds. The van der Waals surface area contributed by atoms with Crippen LogP contribution in [0.2, 0.25) is 0 Å². The van der Waals surface area contributed by atoms with Gasteiger partial charge in [-0.15, -0.1) is 18.3 Å². The van der Waals surface area contributed by atoms with Crippen LogP contribution in [0.5, 0.6) is 0 Å². The van der Waals surface area contributed by atoms with E-state index in [1.165, 1.54) is 16.7 Å². The second-order valence-corrected chi connectivity index (χ2v) is 11.2. The largest absolute Gasteiger partial charge is 0.481 e. The second-order valence-electron chi connectivity index (χ2n) is 9.60. The Hall–Kier alpha value is -2.52. The van der Waals surface area contributed by atoms with Gasteiger partial charge in [0.2, 0.25) is 5.91 Å². The van der Waals surface area contributed by atoms with Crippen molar-refractivity contribution in [3.05, 3.63) is 36.9 Å². The fourth-order valence-electron chi connectivity index (χ4n) is 6.25. The minimum Gasteiger partial charge on any atom is -0.481 e. The molecule has 190 valence electrons. The maximum absolute atomic E-state index is 14.3. The number of nitrogens with zero attached hydrogens (tertiary/aromatic N) is 3. The van der Waals surface area contributed by atoms with E-state index < -0.39 is 34.6 Å². The molecule has 6 atom stereocenters. The number of carboxylic acid groups (broad SMARTS) is 1. The van der Waals surface area contributed by atoms with Crippen molar-refractivity contribution in [2.45, 2.75) is 55.7 Å². The lowest BCUT2D eigenvalue weighted by Gasteiger charge is -2.38. The average molecular weight is 502 g/mol. The van der Waals surface area contributed by atoms with Crippen LogP contribution in [0.3, 0.4) is 0 Å². The zero-order valence-corrected chi connectivity index (χ0v) is 21.4. The number of carbonyl (C=O) groups excluding carboxylic acids is 2. The monoisotopic (exact) mass is 501 g/mol. The molecule has 3 aliphatic heterocycles. The number of hydrogen-bond acceptors (Lipinski definition) is 6. The molecule has 0 saturated carbocycles.